The summed E-state index contributed by atoms with van der Waals surface area (Å²) in [6.07, 6.45) is 1.69. The number of hydrogen-bond acceptors (Lipinski definition) is 13. The smallest absolute Gasteiger partial charge is 0.347 e. The molecule has 186 valence electrons. The maximum absolute atomic E-state index is 12.9. The van der Waals surface area contributed by atoms with Gasteiger partial charge in [0.15, 0.2) is 5.13 Å². The van der Waals surface area contributed by atoms with Gasteiger partial charge in [-0.2, -0.15) is 9.36 Å². The quantitative estimate of drug-likeness (QED) is 0.173. The molecule has 1 aromatic heterocycles. The topological polar surface area (TPSA) is 186 Å². The van der Waals surface area contributed by atoms with Crippen molar-refractivity contribution in [1.29, 1.82) is 0 Å². The highest BCUT2D eigenvalue weighted by Gasteiger charge is 2.57. The third-order valence-corrected chi connectivity index (χ3v) is 8.23. The van der Waals surface area contributed by atoms with Gasteiger partial charge in [-0.1, -0.05) is 5.16 Å². The van der Waals surface area contributed by atoms with Gasteiger partial charge >= 0.3 is 11.9 Å². The third kappa shape index (κ3) is 5.55. The van der Waals surface area contributed by atoms with E-state index in [4.69, 9.17) is 15.3 Å². The van der Waals surface area contributed by atoms with Crippen LogP contribution in [0.4, 0.5) is 5.13 Å². The van der Waals surface area contributed by atoms with Crippen molar-refractivity contribution in [1.82, 2.24) is 19.6 Å². The molecule has 16 heteroatoms. The molecule has 13 nitrogen and oxygen atoms in total. The number of carbonyl (C=O) groups is 4. The van der Waals surface area contributed by atoms with Gasteiger partial charge in [-0.15, -0.1) is 23.5 Å². The first-order valence-corrected chi connectivity index (χ1v) is 12.9. The van der Waals surface area contributed by atoms with Crippen LogP contribution in [0.1, 0.15) is 26.6 Å². The molecule has 1 aromatic rings. The fourth-order valence-electron chi connectivity index (χ4n) is 3.14. The van der Waals surface area contributed by atoms with E-state index in [0.717, 1.165) is 11.5 Å². The Balaban J connectivity index is 1.69. The molecular weight excluding hydrogens is 508 g/mol. The number of aromatic nitrogens is 2. The second kappa shape index (κ2) is 9.95. The number of amides is 2. The van der Waals surface area contributed by atoms with Crippen LogP contribution >= 0.6 is 35.1 Å². The Morgan fingerprint density at radius 3 is 2.68 bits per heavy atom. The van der Waals surface area contributed by atoms with Crippen molar-refractivity contribution in [3.05, 3.63) is 5.82 Å². The highest BCUT2D eigenvalue weighted by atomic mass is 32.2. The highest BCUT2D eigenvalue weighted by molar-refractivity contribution is 8.04. The van der Waals surface area contributed by atoms with Crippen molar-refractivity contribution in [2.24, 2.45) is 5.16 Å². The number of nitrogens with one attached hydrogen (secondary N) is 1. The van der Waals surface area contributed by atoms with E-state index < -0.39 is 52.1 Å². The van der Waals surface area contributed by atoms with E-state index >= 15 is 0 Å². The molecule has 34 heavy (non-hydrogen) atoms. The number of aliphatic carboxylic acids is 1. The maximum Gasteiger partial charge on any atom is 0.347 e. The second-order valence-electron chi connectivity index (χ2n) is 8.38. The SMILES string of the molecule is CSC1(C(=O)O)CS[C@@H]2C(NC(=O)C(=NOCC(=O)OC(C)(C)C)c3nsc(N)n3)C(=O)N2C1. The van der Waals surface area contributed by atoms with Crippen LogP contribution in [0.25, 0.3) is 0 Å². The van der Waals surface area contributed by atoms with E-state index in [2.05, 4.69) is 19.8 Å². The van der Waals surface area contributed by atoms with Gasteiger partial charge in [-0.3, -0.25) is 14.4 Å². The minimum absolute atomic E-state index is 0.0382. The molecule has 2 saturated heterocycles. The van der Waals surface area contributed by atoms with Crippen molar-refractivity contribution in [3.8, 4) is 0 Å². The number of ether oxygens (including phenoxy) is 1. The second-order valence-corrected chi connectivity index (χ2v) is 11.5. The number of anilines is 1. The number of esters is 1. The molecule has 3 atom stereocenters. The largest absolute Gasteiger partial charge is 0.480 e. The van der Waals surface area contributed by atoms with Crippen LogP contribution in [0, 0.1) is 0 Å². The minimum Gasteiger partial charge on any atom is -0.480 e. The molecule has 2 unspecified atom stereocenters. The molecule has 0 radical (unpaired) electrons. The zero-order valence-electron chi connectivity index (χ0n) is 18.8. The normalized spacial score (nSPS) is 24.6. The average Bonchev–Trinajstić information content (AvgIpc) is 3.18. The fourth-order valence-corrected chi connectivity index (χ4v) is 6.08. The van der Waals surface area contributed by atoms with Gasteiger partial charge in [-0.05, 0) is 27.0 Å². The standard InChI is InChI=1S/C18H24N6O7S3/c1-17(2,3)31-8(25)5-30-22-9(11-21-16(19)34-23-11)12(26)20-10-13(27)24-6-18(32-4,15(28)29)7-33-14(10)24/h10,14H,5-7H2,1-4H3,(H,20,26)(H,28,29)(H2,19,21,23)/t10?,14-,18?/m1/s1. The predicted molar refractivity (Wildman–Crippen MR) is 126 cm³/mol. The summed E-state index contributed by atoms with van der Waals surface area (Å²) in [5.41, 5.74) is 4.51. The first-order valence-electron chi connectivity index (χ1n) is 9.90. The number of nitrogens with zero attached hydrogens (tertiary/aromatic N) is 4. The molecule has 2 fully saturated rings. The summed E-state index contributed by atoms with van der Waals surface area (Å²) in [7, 11) is 0. The van der Waals surface area contributed by atoms with Gasteiger partial charge in [0.05, 0.1) is 0 Å². The highest BCUT2D eigenvalue weighted by Crippen LogP contribution is 2.43. The number of rotatable bonds is 8. The van der Waals surface area contributed by atoms with Gasteiger partial charge in [0, 0.05) is 23.8 Å². The van der Waals surface area contributed by atoms with Gasteiger partial charge in [0.25, 0.3) is 5.91 Å². The Bertz CT molecular complexity index is 1030. The van der Waals surface area contributed by atoms with Crippen LogP contribution in [0.15, 0.2) is 5.16 Å². The van der Waals surface area contributed by atoms with E-state index in [1.54, 1.807) is 27.0 Å². The number of carboxylic acids is 1. The first kappa shape index (κ1) is 26.0. The minimum atomic E-state index is -1.10. The van der Waals surface area contributed by atoms with Crippen LogP contribution in [-0.4, -0.2) is 95.8 Å². The Kier molecular flexibility index (Phi) is 7.62. The van der Waals surface area contributed by atoms with E-state index in [-0.39, 0.29) is 29.0 Å². The first-order chi connectivity index (χ1) is 15.9. The van der Waals surface area contributed by atoms with Crippen LogP contribution in [0.5, 0.6) is 0 Å². The summed E-state index contributed by atoms with van der Waals surface area (Å²) >= 11 is 3.28. The number of hydrogen-bond donors (Lipinski definition) is 3. The summed E-state index contributed by atoms with van der Waals surface area (Å²) < 4.78 is 7.96. The number of carboxylic acid groups (broad SMARTS) is 1. The molecule has 0 aliphatic carbocycles. The van der Waals surface area contributed by atoms with Crippen molar-refractivity contribution in [3.63, 3.8) is 0 Å². The Hall–Kier alpha value is -2.59. The van der Waals surface area contributed by atoms with Gasteiger partial charge in [-0.25, -0.2) is 4.79 Å². The molecule has 4 N–H and O–H groups in total. The molecule has 3 rings (SSSR count). The van der Waals surface area contributed by atoms with E-state index in [1.165, 1.54) is 28.4 Å². The Labute approximate surface area is 207 Å². The Morgan fingerprint density at radius 2 is 2.12 bits per heavy atom. The summed E-state index contributed by atoms with van der Waals surface area (Å²) in [5, 5.41) is 15.5. The summed E-state index contributed by atoms with van der Waals surface area (Å²) in [4.78, 5) is 59.5. The summed E-state index contributed by atoms with van der Waals surface area (Å²) in [6, 6.07) is -0.891. The van der Waals surface area contributed by atoms with Gasteiger partial charge in [0.1, 0.15) is 21.8 Å². The van der Waals surface area contributed by atoms with Crippen LogP contribution < -0.4 is 11.1 Å². The lowest BCUT2D eigenvalue weighted by molar-refractivity contribution is -0.160. The molecule has 3 heterocycles. The number of oxime groups is 1. The molecule has 0 bridgehead atoms. The predicted octanol–water partition coefficient (Wildman–Crippen LogP) is -0.231. The monoisotopic (exact) mass is 532 g/mol. The van der Waals surface area contributed by atoms with Crippen molar-refractivity contribution in [2.45, 2.75) is 42.5 Å². The molecule has 0 spiro atoms. The number of β-lactam (4-membered cyclic amide) rings is 1. The third-order valence-electron chi connectivity index (χ3n) is 4.75. The maximum atomic E-state index is 12.9. The van der Waals surface area contributed by atoms with Crippen molar-refractivity contribution < 1.29 is 33.9 Å². The molecule has 2 amide bonds. The fraction of sp³-hybridized carbons (Fsp3) is 0.611. The molecule has 0 aromatic carbocycles. The summed E-state index contributed by atoms with van der Waals surface area (Å²) in [6.45, 7) is 4.55. The van der Waals surface area contributed by atoms with Crippen molar-refractivity contribution >= 4 is 69.7 Å². The number of carbonyl (C=O) groups excluding carboxylic acids is 3. The number of fused-ring (bicyclic) bond motifs is 1. The van der Waals surface area contributed by atoms with E-state index in [1.807, 2.05) is 0 Å². The van der Waals surface area contributed by atoms with Crippen LogP contribution in [0.2, 0.25) is 0 Å². The number of thioether (sulfide) groups is 2. The van der Waals surface area contributed by atoms with Crippen molar-refractivity contribution in [2.75, 3.05) is 30.9 Å². The lowest BCUT2D eigenvalue weighted by Crippen LogP contribution is -2.74. The van der Waals surface area contributed by atoms with Crippen LogP contribution in [-0.2, 0) is 28.8 Å². The Morgan fingerprint density at radius 1 is 1.41 bits per heavy atom. The number of nitrogen functional groups attached to an aromatic ring is 1. The van der Waals surface area contributed by atoms with Crippen LogP contribution in [0.3, 0.4) is 0 Å². The molecule has 2 aliphatic rings. The van der Waals surface area contributed by atoms with E-state index in [0.29, 0.717) is 0 Å². The lowest BCUT2D eigenvalue weighted by atomic mass is 10.0. The zero-order chi connectivity index (χ0) is 25.3. The lowest BCUT2D eigenvalue weighted by Gasteiger charge is -2.53. The number of nitrogens with two attached hydrogens (primary N) is 1. The molecular formula is C18H24N6O7S3. The summed E-state index contributed by atoms with van der Waals surface area (Å²) in [5.74, 6) is -2.76. The van der Waals surface area contributed by atoms with Gasteiger partial charge in [0.2, 0.25) is 24.1 Å². The average molecular weight is 533 g/mol. The zero-order valence-corrected chi connectivity index (χ0v) is 21.2. The van der Waals surface area contributed by atoms with Gasteiger partial charge < -0.3 is 30.6 Å². The van der Waals surface area contributed by atoms with E-state index in [9.17, 15) is 24.3 Å². The molecule has 0 saturated carbocycles. The molecule has 2 aliphatic heterocycles.